The summed E-state index contributed by atoms with van der Waals surface area (Å²) in [6.07, 6.45) is 1.72. The van der Waals surface area contributed by atoms with E-state index in [0.717, 1.165) is 16.6 Å². The number of nitrogens with two attached hydrogens (primary N) is 1. The van der Waals surface area contributed by atoms with Crippen molar-refractivity contribution in [3.63, 3.8) is 0 Å². The minimum absolute atomic E-state index is 0.240. The van der Waals surface area contributed by atoms with Gasteiger partial charge in [0.05, 0.1) is 17.7 Å². The lowest BCUT2D eigenvalue weighted by atomic mass is 10.2. The molecule has 0 aliphatic carbocycles. The van der Waals surface area contributed by atoms with Gasteiger partial charge in [-0.1, -0.05) is 18.2 Å². The minimum Gasteiger partial charge on any atom is -0.446 e. The predicted molar refractivity (Wildman–Crippen MR) is 79.2 cm³/mol. The standard InChI is InChI=1S/C14H13N3O3S/c15-21(18,19)13-7-6-11(20-13)9-17-12-5-1-3-10-4-2-8-16-14(10)12/h1-8,17H,9H2,(H2,15,18,19). The summed E-state index contributed by atoms with van der Waals surface area (Å²) in [6.45, 7) is 0.338. The van der Waals surface area contributed by atoms with E-state index >= 15 is 0 Å². The fourth-order valence-electron chi connectivity index (χ4n) is 2.04. The molecule has 0 unspecified atom stereocenters. The van der Waals surface area contributed by atoms with E-state index in [9.17, 15) is 8.42 Å². The van der Waals surface area contributed by atoms with E-state index in [1.165, 1.54) is 6.07 Å². The molecule has 0 saturated heterocycles. The number of furan rings is 1. The Bertz CT molecular complexity index is 882. The van der Waals surface area contributed by atoms with E-state index in [1.54, 1.807) is 12.3 Å². The second kappa shape index (κ2) is 5.19. The molecule has 21 heavy (non-hydrogen) atoms. The van der Waals surface area contributed by atoms with Gasteiger partial charge in [0.2, 0.25) is 5.09 Å². The zero-order valence-corrected chi connectivity index (χ0v) is 11.8. The van der Waals surface area contributed by atoms with Crippen LogP contribution < -0.4 is 10.5 Å². The zero-order valence-electron chi connectivity index (χ0n) is 11.0. The molecular formula is C14H13N3O3S. The first-order valence-electron chi connectivity index (χ1n) is 6.23. The largest absolute Gasteiger partial charge is 0.446 e. The fraction of sp³-hybridized carbons (Fsp3) is 0.0714. The van der Waals surface area contributed by atoms with Crippen molar-refractivity contribution < 1.29 is 12.8 Å². The molecule has 2 aromatic heterocycles. The van der Waals surface area contributed by atoms with E-state index in [-0.39, 0.29) is 5.09 Å². The Kier molecular flexibility index (Phi) is 3.36. The first-order chi connectivity index (χ1) is 10.0. The number of benzene rings is 1. The van der Waals surface area contributed by atoms with Crippen LogP contribution in [0.3, 0.4) is 0 Å². The van der Waals surface area contributed by atoms with Gasteiger partial charge in [-0.2, -0.15) is 0 Å². The van der Waals surface area contributed by atoms with Gasteiger partial charge in [-0.15, -0.1) is 0 Å². The maximum atomic E-state index is 11.1. The van der Waals surface area contributed by atoms with Crippen LogP contribution in [-0.4, -0.2) is 13.4 Å². The first kappa shape index (κ1) is 13.6. The molecule has 1 aromatic carbocycles. The van der Waals surface area contributed by atoms with Gasteiger partial charge in [0.25, 0.3) is 10.0 Å². The molecule has 0 spiro atoms. The van der Waals surface area contributed by atoms with Crippen molar-refractivity contribution in [3.05, 3.63) is 54.4 Å². The van der Waals surface area contributed by atoms with Crippen LogP contribution in [0.4, 0.5) is 5.69 Å². The second-order valence-corrected chi connectivity index (χ2v) is 5.99. The van der Waals surface area contributed by atoms with Crippen LogP contribution in [0.2, 0.25) is 0 Å². The Morgan fingerprint density at radius 1 is 1.14 bits per heavy atom. The quantitative estimate of drug-likeness (QED) is 0.769. The van der Waals surface area contributed by atoms with Crippen LogP contribution in [0, 0.1) is 0 Å². The molecule has 0 aliphatic rings. The van der Waals surface area contributed by atoms with Gasteiger partial charge >= 0.3 is 0 Å². The molecule has 0 atom stereocenters. The number of fused-ring (bicyclic) bond motifs is 1. The number of pyridine rings is 1. The summed E-state index contributed by atoms with van der Waals surface area (Å²) in [7, 11) is -3.81. The topological polar surface area (TPSA) is 98.2 Å². The molecule has 0 radical (unpaired) electrons. The SMILES string of the molecule is NS(=O)(=O)c1ccc(CNc2cccc3cccnc23)o1. The van der Waals surface area contributed by atoms with Crippen molar-refractivity contribution in [3.8, 4) is 0 Å². The summed E-state index contributed by atoms with van der Waals surface area (Å²) in [6, 6.07) is 12.6. The van der Waals surface area contributed by atoms with Crippen LogP contribution in [0.1, 0.15) is 5.76 Å². The van der Waals surface area contributed by atoms with Gasteiger partial charge in [-0.05, 0) is 24.3 Å². The second-order valence-electron chi connectivity index (χ2n) is 4.50. The lowest BCUT2D eigenvalue weighted by Crippen LogP contribution is -2.10. The van der Waals surface area contributed by atoms with Crippen LogP contribution in [0.15, 0.2) is 58.2 Å². The van der Waals surface area contributed by atoms with E-state index in [1.807, 2.05) is 30.3 Å². The van der Waals surface area contributed by atoms with Crippen molar-refractivity contribution in [2.75, 3.05) is 5.32 Å². The molecule has 0 aliphatic heterocycles. The maximum absolute atomic E-state index is 11.1. The summed E-state index contributed by atoms with van der Waals surface area (Å²) in [4.78, 5) is 4.33. The first-order valence-corrected chi connectivity index (χ1v) is 7.78. The number of sulfonamides is 1. The Labute approximate surface area is 121 Å². The minimum atomic E-state index is -3.81. The van der Waals surface area contributed by atoms with E-state index in [2.05, 4.69) is 10.3 Å². The van der Waals surface area contributed by atoms with Crippen molar-refractivity contribution in [2.45, 2.75) is 11.6 Å². The third-order valence-electron chi connectivity index (χ3n) is 3.00. The van der Waals surface area contributed by atoms with Gasteiger partial charge in [-0.3, -0.25) is 4.98 Å². The van der Waals surface area contributed by atoms with Crippen LogP contribution in [-0.2, 0) is 16.6 Å². The molecule has 7 heteroatoms. The summed E-state index contributed by atoms with van der Waals surface area (Å²) >= 11 is 0. The van der Waals surface area contributed by atoms with Crippen LogP contribution in [0.5, 0.6) is 0 Å². The Hall–Kier alpha value is -2.38. The summed E-state index contributed by atoms with van der Waals surface area (Å²) in [5.41, 5.74) is 1.69. The normalized spacial score (nSPS) is 11.7. The highest BCUT2D eigenvalue weighted by Crippen LogP contribution is 2.21. The highest BCUT2D eigenvalue weighted by atomic mass is 32.2. The van der Waals surface area contributed by atoms with Crippen LogP contribution >= 0.6 is 0 Å². The third-order valence-corrected chi connectivity index (χ3v) is 3.78. The number of rotatable bonds is 4. The third kappa shape index (κ3) is 2.88. The zero-order chi connectivity index (χ0) is 14.9. The molecular weight excluding hydrogens is 290 g/mol. The lowest BCUT2D eigenvalue weighted by molar-refractivity contribution is 0.419. The van der Waals surface area contributed by atoms with Crippen molar-refractivity contribution in [1.29, 1.82) is 0 Å². The summed E-state index contributed by atoms with van der Waals surface area (Å²) < 4.78 is 27.5. The Morgan fingerprint density at radius 2 is 1.95 bits per heavy atom. The van der Waals surface area contributed by atoms with Gasteiger partial charge < -0.3 is 9.73 Å². The van der Waals surface area contributed by atoms with Crippen molar-refractivity contribution in [2.24, 2.45) is 5.14 Å². The van der Waals surface area contributed by atoms with E-state index in [4.69, 9.17) is 9.56 Å². The summed E-state index contributed by atoms with van der Waals surface area (Å²) in [5.74, 6) is 0.479. The van der Waals surface area contributed by atoms with Gasteiger partial charge in [0.15, 0.2) is 0 Å². The number of hydrogen-bond donors (Lipinski definition) is 2. The highest BCUT2D eigenvalue weighted by Gasteiger charge is 2.13. The predicted octanol–water partition coefficient (Wildman–Crippen LogP) is 2.09. The number of hydrogen-bond acceptors (Lipinski definition) is 5. The van der Waals surface area contributed by atoms with Gasteiger partial charge in [0.1, 0.15) is 5.76 Å². The fourth-order valence-corrected chi connectivity index (χ4v) is 2.52. The lowest BCUT2D eigenvalue weighted by Gasteiger charge is -2.07. The molecule has 3 aromatic rings. The molecule has 0 amide bonds. The van der Waals surface area contributed by atoms with E-state index < -0.39 is 10.0 Å². The van der Waals surface area contributed by atoms with Crippen molar-refractivity contribution in [1.82, 2.24) is 4.98 Å². The number of nitrogens with zero attached hydrogens (tertiary/aromatic N) is 1. The number of para-hydroxylation sites is 1. The molecule has 3 rings (SSSR count). The molecule has 108 valence electrons. The average molecular weight is 303 g/mol. The maximum Gasteiger partial charge on any atom is 0.271 e. The highest BCUT2D eigenvalue weighted by molar-refractivity contribution is 7.89. The Morgan fingerprint density at radius 3 is 2.71 bits per heavy atom. The molecule has 0 saturated carbocycles. The smallest absolute Gasteiger partial charge is 0.271 e. The molecule has 6 nitrogen and oxygen atoms in total. The number of aromatic nitrogens is 1. The Balaban J connectivity index is 1.82. The number of nitrogens with one attached hydrogen (secondary N) is 1. The number of primary sulfonamides is 1. The molecule has 3 N–H and O–H groups in total. The number of anilines is 1. The molecule has 0 fully saturated rings. The monoisotopic (exact) mass is 303 g/mol. The average Bonchev–Trinajstić information content (AvgIpc) is 2.94. The summed E-state index contributed by atoms with van der Waals surface area (Å²) in [5, 5.41) is 8.96. The van der Waals surface area contributed by atoms with Crippen LogP contribution in [0.25, 0.3) is 10.9 Å². The molecule has 2 heterocycles. The van der Waals surface area contributed by atoms with Gasteiger partial charge in [-0.25, -0.2) is 13.6 Å². The molecule has 0 bridgehead atoms. The van der Waals surface area contributed by atoms with E-state index in [0.29, 0.717) is 12.3 Å². The van der Waals surface area contributed by atoms with Gasteiger partial charge in [0, 0.05) is 11.6 Å². The van der Waals surface area contributed by atoms with Crippen molar-refractivity contribution >= 4 is 26.6 Å².